The van der Waals surface area contributed by atoms with Crippen LogP contribution in [0.4, 0.5) is 5.69 Å². The molecule has 0 bridgehead atoms. The maximum absolute atomic E-state index is 11.9. The molecule has 0 unspecified atom stereocenters. The first kappa shape index (κ1) is 22.0. The van der Waals surface area contributed by atoms with Gasteiger partial charge in [0, 0.05) is 11.6 Å². The van der Waals surface area contributed by atoms with E-state index in [2.05, 4.69) is 15.2 Å². The summed E-state index contributed by atoms with van der Waals surface area (Å²) in [5.74, 6) is 0.631. The Bertz CT molecular complexity index is 1250. The van der Waals surface area contributed by atoms with Crippen molar-refractivity contribution in [3.8, 4) is 34.4 Å². The highest BCUT2D eigenvalue weighted by Gasteiger charge is 2.24. The van der Waals surface area contributed by atoms with Crippen LogP contribution in [0.5, 0.6) is 23.0 Å². The van der Waals surface area contributed by atoms with Crippen LogP contribution in [-0.2, 0) is 4.79 Å². The SMILES string of the molecule is COc1cc(OC)cc(-c2nc(S/C(=C\c3cc4c(cc3[N+](=O)[O-])OCO4)C(=O)O)n[nH]2)c1. The second-order valence-electron chi connectivity index (χ2n) is 6.51. The molecule has 3 aromatic rings. The van der Waals surface area contributed by atoms with Crippen LogP contribution in [0.15, 0.2) is 40.4 Å². The van der Waals surface area contributed by atoms with Gasteiger partial charge in [-0.1, -0.05) is 0 Å². The lowest BCUT2D eigenvalue weighted by atomic mass is 10.1. The Hall–Kier alpha value is -4.26. The molecule has 2 aromatic carbocycles. The highest BCUT2D eigenvalue weighted by atomic mass is 32.2. The summed E-state index contributed by atoms with van der Waals surface area (Å²) < 4.78 is 20.9. The van der Waals surface area contributed by atoms with E-state index in [-0.39, 0.29) is 39.6 Å². The lowest BCUT2D eigenvalue weighted by molar-refractivity contribution is -0.385. The minimum Gasteiger partial charge on any atom is -0.497 e. The number of fused-ring (bicyclic) bond motifs is 1. The average molecular weight is 472 g/mol. The number of carbonyl (C=O) groups is 1. The van der Waals surface area contributed by atoms with Crippen LogP contribution in [-0.4, -0.2) is 52.2 Å². The average Bonchev–Trinajstić information content (AvgIpc) is 3.46. The number of aliphatic carboxylic acids is 1. The molecule has 1 aliphatic heterocycles. The predicted molar refractivity (Wildman–Crippen MR) is 116 cm³/mol. The molecule has 12 nitrogen and oxygen atoms in total. The molecule has 0 radical (unpaired) electrons. The van der Waals surface area contributed by atoms with Crippen molar-refractivity contribution in [1.82, 2.24) is 15.2 Å². The zero-order valence-corrected chi connectivity index (χ0v) is 18.0. The van der Waals surface area contributed by atoms with Gasteiger partial charge in [0.15, 0.2) is 17.3 Å². The summed E-state index contributed by atoms with van der Waals surface area (Å²) in [4.78, 5) is 26.8. The fourth-order valence-electron chi connectivity index (χ4n) is 2.96. The summed E-state index contributed by atoms with van der Waals surface area (Å²) in [7, 11) is 3.03. The van der Waals surface area contributed by atoms with Crippen LogP contribution in [0.3, 0.4) is 0 Å². The van der Waals surface area contributed by atoms with E-state index >= 15 is 0 Å². The number of nitro groups is 1. The molecule has 0 fully saturated rings. The number of aromatic nitrogens is 3. The number of benzene rings is 2. The fourth-order valence-corrected chi connectivity index (χ4v) is 3.66. The number of methoxy groups -OCH3 is 2. The molecule has 170 valence electrons. The number of hydrogen-bond acceptors (Lipinski definition) is 10. The Morgan fingerprint density at radius 1 is 1.18 bits per heavy atom. The van der Waals surface area contributed by atoms with Crippen molar-refractivity contribution in [2.45, 2.75) is 5.16 Å². The Balaban J connectivity index is 1.66. The molecule has 2 N–H and O–H groups in total. The minimum absolute atomic E-state index is 0.0439. The van der Waals surface area contributed by atoms with Crippen molar-refractivity contribution < 1.29 is 33.8 Å². The van der Waals surface area contributed by atoms with Gasteiger partial charge in [-0.05, 0) is 36.0 Å². The Morgan fingerprint density at radius 3 is 2.45 bits per heavy atom. The monoisotopic (exact) mass is 472 g/mol. The van der Waals surface area contributed by atoms with Gasteiger partial charge in [0.25, 0.3) is 5.69 Å². The number of carboxylic acid groups (broad SMARTS) is 1. The second-order valence-corrected chi connectivity index (χ2v) is 7.51. The van der Waals surface area contributed by atoms with Gasteiger partial charge >= 0.3 is 5.97 Å². The molecule has 13 heteroatoms. The number of ether oxygens (including phenoxy) is 4. The largest absolute Gasteiger partial charge is 0.497 e. The smallest absolute Gasteiger partial charge is 0.342 e. The van der Waals surface area contributed by atoms with Gasteiger partial charge in [-0.2, -0.15) is 0 Å². The molecule has 1 aliphatic rings. The molecule has 1 aromatic heterocycles. The number of hydrogen-bond donors (Lipinski definition) is 2. The number of aromatic amines is 1. The van der Waals surface area contributed by atoms with Gasteiger partial charge in [0.2, 0.25) is 11.9 Å². The first-order valence-corrected chi connectivity index (χ1v) is 10.1. The minimum atomic E-state index is -1.30. The zero-order valence-electron chi connectivity index (χ0n) is 17.2. The summed E-state index contributed by atoms with van der Waals surface area (Å²) in [6.45, 7) is -0.0742. The Kier molecular flexibility index (Phi) is 6.04. The van der Waals surface area contributed by atoms with Gasteiger partial charge in [-0.15, -0.1) is 5.10 Å². The highest BCUT2D eigenvalue weighted by molar-refractivity contribution is 8.04. The van der Waals surface area contributed by atoms with Crippen LogP contribution < -0.4 is 18.9 Å². The van der Waals surface area contributed by atoms with Crippen LogP contribution in [0.2, 0.25) is 0 Å². The summed E-state index contributed by atoms with van der Waals surface area (Å²) in [6, 6.07) is 7.66. The third kappa shape index (κ3) is 4.67. The molecule has 0 saturated heterocycles. The van der Waals surface area contributed by atoms with Crippen molar-refractivity contribution >= 4 is 29.5 Å². The molecule has 0 aliphatic carbocycles. The Morgan fingerprint density at radius 2 is 1.85 bits per heavy atom. The molecule has 2 heterocycles. The summed E-state index contributed by atoms with van der Waals surface area (Å²) in [5, 5.41) is 28.0. The van der Waals surface area contributed by atoms with Crippen molar-refractivity contribution in [3.05, 3.63) is 50.9 Å². The standard InChI is InChI=1S/C20H16N4O8S/c1-29-12-3-11(4-13(7-12)30-2)18-21-20(23-22-18)33-17(19(25)26)6-10-5-15-16(32-9-31-15)8-14(10)24(27)28/h3-8H,9H2,1-2H3,(H,25,26)(H,21,22,23)/b17-6-. The van der Waals surface area contributed by atoms with Crippen LogP contribution >= 0.6 is 11.8 Å². The number of carboxylic acids is 1. The van der Waals surface area contributed by atoms with Crippen molar-refractivity contribution in [1.29, 1.82) is 0 Å². The quantitative estimate of drug-likeness (QED) is 0.214. The van der Waals surface area contributed by atoms with Crippen molar-refractivity contribution in [2.75, 3.05) is 21.0 Å². The van der Waals surface area contributed by atoms with Crippen LogP contribution in [0, 0.1) is 10.1 Å². The van der Waals surface area contributed by atoms with E-state index in [0.29, 0.717) is 22.9 Å². The van der Waals surface area contributed by atoms with Gasteiger partial charge in [0.1, 0.15) is 16.4 Å². The van der Waals surface area contributed by atoms with Crippen molar-refractivity contribution in [2.24, 2.45) is 0 Å². The normalized spacial score (nSPS) is 12.5. The maximum Gasteiger partial charge on any atom is 0.342 e. The summed E-state index contributed by atoms with van der Waals surface area (Å²) in [6.07, 6.45) is 1.16. The fraction of sp³-hybridized carbons (Fsp3) is 0.150. The maximum atomic E-state index is 11.9. The first-order valence-electron chi connectivity index (χ1n) is 9.24. The van der Waals surface area contributed by atoms with E-state index in [1.807, 2.05) is 0 Å². The molecular weight excluding hydrogens is 456 g/mol. The zero-order chi connectivity index (χ0) is 23.5. The third-order valence-corrected chi connectivity index (χ3v) is 5.38. The summed E-state index contributed by atoms with van der Waals surface area (Å²) in [5.41, 5.74) is 0.331. The molecule has 4 rings (SSSR count). The molecule has 0 spiro atoms. The summed E-state index contributed by atoms with van der Waals surface area (Å²) >= 11 is 0.732. The van der Waals surface area contributed by atoms with E-state index in [1.54, 1.807) is 18.2 Å². The highest BCUT2D eigenvalue weighted by Crippen LogP contribution is 2.40. The molecule has 33 heavy (non-hydrogen) atoms. The van der Waals surface area contributed by atoms with E-state index in [1.165, 1.54) is 26.4 Å². The number of rotatable bonds is 8. The van der Waals surface area contributed by atoms with Crippen molar-refractivity contribution in [3.63, 3.8) is 0 Å². The number of thioether (sulfide) groups is 1. The number of nitrogens with zero attached hydrogens (tertiary/aromatic N) is 3. The molecule has 0 atom stereocenters. The van der Waals surface area contributed by atoms with Gasteiger partial charge in [-0.3, -0.25) is 15.2 Å². The van der Waals surface area contributed by atoms with Gasteiger partial charge < -0.3 is 24.1 Å². The van der Waals surface area contributed by atoms with Gasteiger partial charge in [0.05, 0.1) is 30.8 Å². The number of nitrogens with one attached hydrogen (secondary N) is 1. The van der Waals surface area contributed by atoms with Crippen LogP contribution in [0.1, 0.15) is 5.56 Å². The van der Waals surface area contributed by atoms with Gasteiger partial charge in [-0.25, -0.2) is 9.78 Å². The molecule has 0 saturated carbocycles. The lowest BCUT2D eigenvalue weighted by Crippen LogP contribution is -1.99. The predicted octanol–water partition coefficient (Wildman–Crippen LogP) is 3.34. The molecular formula is C20H16N4O8S. The molecule has 0 amide bonds. The van der Waals surface area contributed by atoms with E-state index in [9.17, 15) is 20.0 Å². The third-order valence-electron chi connectivity index (χ3n) is 4.51. The Labute approximate surface area is 190 Å². The first-order chi connectivity index (χ1) is 15.9. The van der Waals surface area contributed by atoms with E-state index in [4.69, 9.17) is 18.9 Å². The topological polar surface area (TPSA) is 159 Å². The number of nitro benzene ring substituents is 1. The number of H-pyrrole nitrogens is 1. The van der Waals surface area contributed by atoms with E-state index in [0.717, 1.165) is 17.8 Å². The second kappa shape index (κ2) is 9.08. The van der Waals surface area contributed by atoms with E-state index < -0.39 is 10.9 Å². The van der Waals surface area contributed by atoms with Crippen LogP contribution in [0.25, 0.3) is 17.5 Å². The lowest BCUT2D eigenvalue weighted by Gasteiger charge is -2.06.